The first-order valence-electron chi connectivity index (χ1n) is 5.30. The molecule has 0 bridgehead atoms. The van der Waals surface area contributed by atoms with Crippen LogP contribution in [0.25, 0.3) is 0 Å². The fourth-order valence-electron chi connectivity index (χ4n) is 1.39. The number of nitrogens with one attached hydrogen (secondary N) is 2. The Bertz CT molecular complexity index is 543. The predicted octanol–water partition coefficient (Wildman–Crippen LogP) is 1.47. The Kier molecular flexibility index (Phi) is 5.13. The highest BCUT2D eigenvalue weighted by Crippen LogP contribution is 2.20. The number of alkyl halides is 1. The molecule has 0 heterocycles. The number of anilines is 1. The number of carbonyl (C=O) groups is 1. The summed E-state index contributed by atoms with van der Waals surface area (Å²) in [6.45, 7) is 1.69. The van der Waals surface area contributed by atoms with Crippen LogP contribution in [0.2, 0.25) is 0 Å². The van der Waals surface area contributed by atoms with Gasteiger partial charge in [0.25, 0.3) is 0 Å². The molecule has 18 heavy (non-hydrogen) atoms. The average Bonchev–Trinajstić information content (AvgIpc) is 2.31. The molecule has 100 valence electrons. The van der Waals surface area contributed by atoms with Gasteiger partial charge in [0.1, 0.15) is 0 Å². The lowest BCUT2D eigenvalue weighted by atomic mass is 10.2. The minimum Gasteiger partial charge on any atom is -0.326 e. The zero-order valence-electron chi connectivity index (χ0n) is 10.2. The number of hydrogen-bond donors (Lipinski definition) is 2. The van der Waals surface area contributed by atoms with E-state index >= 15 is 0 Å². The van der Waals surface area contributed by atoms with Gasteiger partial charge in [0.15, 0.2) is 0 Å². The minimum absolute atomic E-state index is 0.147. The molecule has 0 aliphatic carbocycles. The standard InChI is InChI=1S/C11H15ClN2O3S/c1-8-3-4-9(14-11(15)5-6-12)7-10(8)18(16,17)13-2/h3-4,7,13H,5-6H2,1-2H3,(H,14,15). The first-order valence-corrected chi connectivity index (χ1v) is 7.32. The molecule has 0 fully saturated rings. The summed E-state index contributed by atoms with van der Waals surface area (Å²) in [5.41, 5.74) is 1.05. The first-order chi connectivity index (χ1) is 8.40. The summed E-state index contributed by atoms with van der Waals surface area (Å²) in [5.74, 6) is -0.0269. The molecule has 1 amide bonds. The lowest BCUT2D eigenvalue weighted by Crippen LogP contribution is -2.20. The molecule has 1 aromatic rings. The van der Waals surface area contributed by atoms with Gasteiger partial charge in [-0.2, -0.15) is 0 Å². The Hall–Kier alpha value is -1.11. The summed E-state index contributed by atoms with van der Waals surface area (Å²) in [5, 5.41) is 2.59. The molecule has 0 aromatic heterocycles. The maximum Gasteiger partial charge on any atom is 0.240 e. The molecule has 5 nitrogen and oxygen atoms in total. The Balaban J connectivity index is 3.05. The van der Waals surface area contributed by atoms with E-state index in [0.29, 0.717) is 11.3 Å². The summed E-state index contributed by atoms with van der Waals surface area (Å²) < 4.78 is 25.7. The maximum atomic E-state index is 11.7. The van der Waals surface area contributed by atoms with E-state index in [2.05, 4.69) is 10.0 Å². The molecule has 0 aliphatic rings. The summed E-state index contributed by atoms with van der Waals surface area (Å²) in [4.78, 5) is 11.5. The summed E-state index contributed by atoms with van der Waals surface area (Å²) in [6.07, 6.45) is 0.184. The van der Waals surface area contributed by atoms with E-state index in [1.165, 1.54) is 13.1 Å². The number of aryl methyl sites for hydroxylation is 1. The molecule has 0 unspecified atom stereocenters. The van der Waals surface area contributed by atoms with Crippen LogP contribution in [0, 0.1) is 6.92 Å². The van der Waals surface area contributed by atoms with Gasteiger partial charge in [-0.3, -0.25) is 4.79 Å². The SMILES string of the molecule is CNS(=O)(=O)c1cc(NC(=O)CCCl)ccc1C. The second kappa shape index (κ2) is 6.17. The quantitative estimate of drug-likeness (QED) is 0.807. The van der Waals surface area contributed by atoms with Crippen molar-refractivity contribution in [2.45, 2.75) is 18.2 Å². The van der Waals surface area contributed by atoms with Gasteiger partial charge in [-0.25, -0.2) is 13.1 Å². The molecule has 0 radical (unpaired) electrons. The average molecular weight is 291 g/mol. The second-order valence-electron chi connectivity index (χ2n) is 3.67. The number of carbonyl (C=O) groups excluding carboxylic acids is 1. The number of halogens is 1. The smallest absolute Gasteiger partial charge is 0.240 e. The summed E-state index contributed by atoms with van der Waals surface area (Å²) in [6, 6.07) is 4.71. The van der Waals surface area contributed by atoms with E-state index < -0.39 is 10.0 Å². The predicted molar refractivity (Wildman–Crippen MR) is 71.4 cm³/mol. The minimum atomic E-state index is -3.53. The van der Waals surface area contributed by atoms with Gasteiger partial charge in [0.2, 0.25) is 15.9 Å². The van der Waals surface area contributed by atoms with Gasteiger partial charge >= 0.3 is 0 Å². The van der Waals surface area contributed by atoms with Gasteiger partial charge in [-0.15, -0.1) is 11.6 Å². The Labute approximate surface area is 112 Å². The van der Waals surface area contributed by atoms with Crippen LogP contribution in [0.1, 0.15) is 12.0 Å². The summed E-state index contributed by atoms with van der Waals surface area (Å²) >= 11 is 5.45. The second-order valence-corrected chi connectivity index (χ2v) is 5.91. The lowest BCUT2D eigenvalue weighted by molar-refractivity contribution is -0.115. The Morgan fingerprint density at radius 3 is 2.61 bits per heavy atom. The molecule has 1 rings (SSSR count). The fourth-order valence-corrected chi connectivity index (χ4v) is 2.55. The summed E-state index contributed by atoms with van der Waals surface area (Å²) in [7, 11) is -2.19. The van der Waals surface area contributed by atoms with Gasteiger partial charge in [0.05, 0.1) is 4.90 Å². The normalized spacial score (nSPS) is 11.3. The van der Waals surface area contributed by atoms with Crippen LogP contribution in [0.3, 0.4) is 0 Å². The monoisotopic (exact) mass is 290 g/mol. The van der Waals surface area contributed by atoms with Crippen molar-refractivity contribution in [3.8, 4) is 0 Å². The molecule has 1 aromatic carbocycles. The van der Waals surface area contributed by atoms with Crippen LogP contribution in [0.4, 0.5) is 5.69 Å². The molecule has 0 saturated heterocycles. The number of sulfonamides is 1. The zero-order valence-corrected chi connectivity index (χ0v) is 11.7. The number of benzene rings is 1. The van der Waals surface area contributed by atoms with Gasteiger partial charge in [-0.05, 0) is 31.7 Å². The molecular weight excluding hydrogens is 276 g/mol. The largest absolute Gasteiger partial charge is 0.326 e. The van der Waals surface area contributed by atoms with E-state index in [1.807, 2.05) is 0 Å². The van der Waals surface area contributed by atoms with E-state index in [4.69, 9.17) is 11.6 Å². The van der Waals surface area contributed by atoms with Crippen LogP contribution >= 0.6 is 11.6 Å². The van der Waals surface area contributed by atoms with Gasteiger partial charge < -0.3 is 5.32 Å². The van der Waals surface area contributed by atoms with Crippen molar-refractivity contribution in [3.05, 3.63) is 23.8 Å². The van der Waals surface area contributed by atoms with Crippen molar-refractivity contribution in [1.29, 1.82) is 0 Å². The highest BCUT2D eigenvalue weighted by Gasteiger charge is 2.15. The van der Waals surface area contributed by atoms with Crippen LogP contribution < -0.4 is 10.0 Å². The topological polar surface area (TPSA) is 75.3 Å². The van der Waals surface area contributed by atoms with E-state index in [-0.39, 0.29) is 23.1 Å². The maximum absolute atomic E-state index is 11.7. The van der Waals surface area contributed by atoms with E-state index in [1.54, 1.807) is 19.1 Å². The molecule has 2 N–H and O–H groups in total. The van der Waals surface area contributed by atoms with Crippen LogP contribution in [-0.4, -0.2) is 27.3 Å². The van der Waals surface area contributed by atoms with Crippen LogP contribution in [0.5, 0.6) is 0 Å². The number of rotatable bonds is 5. The van der Waals surface area contributed by atoms with Gasteiger partial charge in [-0.1, -0.05) is 6.07 Å². The third kappa shape index (κ3) is 3.69. The van der Waals surface area contributed by atoms with E-state index in [9.17, 15) is 13.2 Å². The van der Waals surface area contributed by atoms with Gasteiger partial charge in [0, 0.05) is 18.0 Å². The van der Waals surface area contributed by atoms with Crippen molar-refractivity contribution in [1.82, 2.24) is 4.72 Å². The molecule has 0 aliphatic heterocycles. The zero-order chi connectivity index (χ0) is 13.8. The highest BCUT2D eigenvalue weighted by atomic mass is 35.5. The van der Waals surface area contributed by atoms with Crippen molar-refractivity contribution in [2.75, 3.05) is 18.2 Å². The van der Waals surface area contributed by atoms with Crippen molar-refractivity contribution < 1.29 is 13.2 Å². The molecule has 0 atom stereocenters. The third-order valence-corrected chi connectivity index (χ3v) is 4.10. The molecule has 0 saturated carbocycles. The van der Waals surface area contributed by atoms with Crippen LogP contribution in [-0.2, 0) is 14.8 Å². The Morgan fingerprint density at radius 1 is 1.39 bits per heavy atom. The van der Waals surface area contributed by atoms with Crippen LogP contribution in [0.15, 0.2) is 23.1 Å². The fraction of sp³-hybridized carbons (Fsp3) is 0.364. The van der Waals surface area contributed by atoms with Crippen molar-refractivity contribution in [3.63, 3.8) is 0 Å². The van der Waals surface area contributed by atoms with E-state index in [0.717, 1.165) is 0 Å². The van der Waals surface area contributed by atoms with Crippen molar-refractivity contribution in [2.24, 2.45) is 0 Å². The number of amides is 1. The van der Waals surface area contributed by atoms with Crippen molar-refractivity contribution >= 4 is 33.2 Å². The first kappa shape index (κ1) is 14.9. The highest BCUT2D eigenvalue weighted by molar-refractivity contribution is 7.89. The third-order valence-electron chi connectivity index (χ3n) is 2.35. The Morgan fingerprint density at radius 2 is 2.06 bits per heavy atom. The lowest BCUT2D eigenvalue weighted by Gasteiger charge is -2.10. The molecule has 0 spiro atoms. The molecule has 7 heteroatoms. The number of hydrogen-bond acceptors (Lipinski definition) is 3. The molecular formula is C11H15ClN2O3S.